The summed E-state index contributed by atoms with van der Waals surface area (Å²) in [5.41, 5.74) is 3.55. The van der Waals surface area contributed by atoms with Crippen molar-refractivity contribution in [2.24, 2.45) is 9.50 Å². The summed E-state index contributed by atoms with van der Waals surface area (Å²) in [6, 6.07) is -0.993. The van der Waals surface area contributed by atoms with Crippen molar-refractivity contribution in [3.05, 3.63) is 34.3 Å². The highest BCUT2D eigenvalue weighted by atomic mass is 32.2. The van der Waals surface area contributed by atoms with E-state index in [1.54, 1.807) is 7.11 Å². The predicted molar refractivity (Wildman–Crippen MR) is 107 cm³/mol. The van der Waals surface area contributed by atoms with E-state index in [1.165, 1.54) is 10.9 Å². The molecule has 11 heteroatoms. The minimum absolute atomic E-state index is 0.0635. The first kappa shape index (κ1) is 19.5. The Bertz CT molecular complexity index is 1180. The molecular weight excluding hydrogens is 413 g/mol. The number of carbonyl (C=O) groups is 1. The van der Waals surface area contributed by atoms with Crippen LogP contribution in [0.15, 0.2) is 15.5 Å². The Hall–Kier alpha value is -2.50. The van der Waals surface area contributed by atoms with E-state index in [-0.39, 0.29) is 22.6 Å². The number of rotatable bonds is 4. The minimum atomic E-state index is -3.59. The first-order valence-electron chi connectivity index (χ1n) is 9.80. The van der Waals surface area contributed by atoms with Crippen LogP contribution < -0.4 is 15.2 Å². The molecule has 9 nitrogen and oxygen atoms in total. The zero-order valence-corrected chi connectivity index (χ0v) is 17.3. The number of nitrogens with zero attached hydrogens (tertiary/aromatic N) is 3. The number of hydrogen-bond acceptors (Lipinski definition) is 5. The van der Waals surface area contributed by atoms with Crippen LogP contribution in [-0.2, 0) is 40.3 Å². The molecule has 1 aromatic carbocycles. The number of hydrogen-bond donors (Lipinski definition) is 2. The molecule has 2 heterocycles. The molecule has 2 amide bonds. The van der Waals surface area contributed by atoms with E-state index in [0.29, 0.717) is 55.7 Å². The Kier molecular flexibility index (Phi) is 4.56. The molecular formula is C19H22FN5O4S. The van der Waals surface area contributed by atoms with Crippen molar-refractivity contribution in [3.63, 3.8) is 0 Å². The van der Waals surface area contributed by atoms with Gasteiger partial charge in [-0.05, 0) is 54.4 Å². The molecule has 1 aliphatic heterocycles. The van der Waals surface area contributed by atoms with E-state index in [1.807, 2.05) is 0 Å². The third-order valence-corrected chi connectivity index (χ3v) is 7.29. The van der Waals surface area contributed by atoms with E-state index in [2.05, 4.69) is 14.8 Å². The summed E-state index contributed by atoms with van der Waals surface area (Å²) >= 11 is 0. The number of aromatic nitrogens is 2. The topological polar surface area (TPSA) is 121 Å². The van der Waals surface area contributed by atoms with Crippen LogP contribution in [0.25, 0.3) is 0 Å². The van der Waals surface area contributed by atoms with Gasteiger partial charge in [-0.1, -0.05) is 0 Å². The van der Waals surface area contributed by atoms with Gasteiger partial charge in [0.25, 0.3) is 0 Å². The van der Waals surface area contributed by atoms with E-state index < -0.39 is 15.9 Å². The zero-order chi connectivity index (χ0) is 21.0. The van der Waals surface area contributed by atoms with Crippen molar-refractivity contribution < 1.29 is 22.9 Å². The molecule has 30 heavy (non-hydrogen) atoms. The van der Waals surface area contributed by atoms with Gasteiger partial charge in [-0.2, -0.15) is 5.10 Å². The zero-order valence-electron chi connectivity index (χ0n) is 16.4. The van der Waals surface area contributed by atoms with Gasteiger partial charge in [0, 0.05) is 12.8 Å². The summed E-state index contributed by atoms with van der Waals surface area (Å²) in [5.74, 6) is 0.0902. The maximum absolute atomic E-state index is 14.6. The average Bonchev–Trinajstić information content (AvgIpc) is 3.36. The SMILES string of the molecule is COC[C@H]1COc2c(S(N)(=O)=NC(=O)Nc3c4c(c(F)c5c3CC5)CCC4)cnn21. The van der Waals surface area contributed by atoms with Gasteiger partial charge in [-0.25, -0.2) is 23.2 Å². The van der Waals surface area contributed by atoms with Crippen LogP contribution in [0.4, 0.5) is 14.9 Å². The summed E-state index contributed by atoms with van der Waals surface area (Å²) in [4.78, 5) is 12.7. The van der Waals surface area contributed by atoms with Crippen LogP contribution in [0, 0.1) is 5.82 Å². The Morgan fingerprint density at radius 2 is 2.07 bits per heavy atom. The fourth-order valence-electron chi connectivity index (χ4n) is 4.46. The Balaban J connectivity index is 1.45. The molecule has 2 aromatic rings. The molecule has 1 aromatic heterocycles. The number of nitrogens with one attached hydrogen (secondary N) is 1. The van der Waals surface area contributed by atoms with Gasteiger partial charge >= 0.3 is 6.03 Å². The fourth-order valence-corrected chi connectivity index (χ4v) is 5.45. The van der Waals surface area contributed by atoms with Crippen LogP contribution in [-0.4, -0.2) is 40.3 Å². The molecule has 1 unspecified atom stereocenters. The number of methoxy groups -OCH3 is 1. The molecule has 3 aliphatic rings. The van der Waals surface area contributed by atoms with Gasteiger partial charge in [0.2, 0.25) is 5.88 Å². The number of amides is 2. The number of carbonyl (C=O) groups excluding carboxylic acids is 1. The van der Waals surface area contributed by atoms with Gasteiger partial charge in [0.15, 0.2) is 9.92 Å². The first-order chi connectivity index (χ1) is 14.4. The van der Waals surface area contributed by atoms with Crippen LogP contribution >= 0.6 is 0 Å². The number of ether oxygens (including phenoxy) is 2. The molecule has 3 N–H and O–H groups in total. The second kappa shape index (κ2) is 7.03. The lowest BCUT2D eigenvalue weighted by atomic mass is 9.83. The highest BCUT2D eigenvalue weighted by Crippen LogP contribution is 2.42. The number of benzene rings is 1. The first-order valence-corrected chi connectivity index (χ1v) is 11.4. The molecule has 2 atom stereocenters. The lowest BCUT2D eigenvalue weighted by molar-refractivity contribution is 0.145. The second-order valence-corrected chi connectivity index (χ2v) is 9.49. The summed E-state index contributed by atoms with van der Waals surface area (Å²) in [5, 5.41) is 12.8. The normalized spacial score (nSPS) is 20.4. The van der Waals surface area contributed by atoms with Crippen LogP contribution in [0.3, 0.4) is 0 Å². The molecule has 0 saturated heterocycles. The van der Waals surface area contributed by atoms with Crippen LogP contribution in [0.2, 0.25) is 0 Å². The average molecular weight is 435 g/mol. The summed E-state index contributed by atoms with van der Waals surface area (Å²) in [6.45, 7) is 0.678. The molecule has 0 bridgehead atoms. The lowest BCUT2D eigenvalue weighted by Crippen LogP contribution is -2.22. The van der Waals surface area contributed by atoms with Gasteiger partial charge in [-0.3, -0.25) is 0 Å². The van der Waals surface area contributed by atoms with Gasteiger partial charge in [0.05, 0.1) is 12.8 Å². The maximum Gasteiger partial charge on any atom is 0.354 e. The third-order valence-electron chi connectivity index (χ3n) is 5.94. The summed E-state index contributed by atoms with van der Waals surface area (Å²) in [6.07, 6.45) is 4.84. The number of anilines is 1. The van der Waals surface area contributed by atoms with E-state index in [9.17, 15) is 13.4 Å². The number of nitrogens with two attached hydrogens (primary N) is 1. The minimum Gasteiger partial charge on any atom is -0.475 e. The molecule has 5 rings (SSSR count). The second-order valence-electron chi connectivity index (χ2n) is 7.73. The standard InChI is InChI=1S/C19H22FN5O4S/c1-28-8-10-9-29-18-15(7-22-25(10)18)30(21,27)24-19(26)23-17-13-4-2-3-11(13)16(20)12-5-6-14(12)17/h7,10H,2-6,8-9H2,1H3,(H3,21,23,24,26,27)/t10-,30?/m0/s1. The molecule has 160 valence electrons. The smallest absolute Gasteiger partial charge is 0.354 e. The fraction of sp³-hybridized carbons (Fsp3) is 0.474. The van der Waals surface area contributed by atoms with E-state index in [4.69, 9.17) is 14.6 Å². The van der Waals surface area contributed by atoms with Crippen molar-refractivity contribution in [1.82, 2.24) is 9.78 Å². The Morgan fingerprint density at radius 3 is 2.80 bits per heavy atom. The van der Waals surface area contributed by atoms with Crippen molar-refractivity contribution >= 4 is 21.6 Å². The molecule has 0 spiro atoms. The predicted octanol–water partition coefficient (Wildman–Crippen LogP) is 2.12. The van der Waals surface area contributed by atoms with Crippen molar-refractivity contribution in [1.29, 1.82) is 0 Å². The molecule has 0 fully saturated rings. The summed E-state index contributed by atoms with van der Waals surface area (Å²) in [7, 11) is -2.02. The Labute approximate surface area is 173 Å². The quantitative estimate of drug-likeness (QED) is 0.762. The van der Waals surface area contributed by atoms with Crippen LogP contribution in [0.5, 0.6) is 5.88 Å². The van der Waals surface area contributed by atoms with Crippen LogP contribution in [0.1, 0.15) is 34.7 Å². The summed E-state index contributed by atoms with van der Waals surface area (Å²) < 4.78 is 43.6. The van der Waals surface area contributed by atoms with E-state index in [0.717, 1.165) is 17.5 Å². The monoisotopic (exact) mass is 435 g/mol. The number of halogens is 1. The van der Waals surface area contributed by atoms with Gasteiger partial charge in [0.1, 0.15) is 23.4 Å². The molecule has 0 saturated carbocycles. The highest BCUT2D eigenvalue weighted by Gasteiger charge is 2.33. The maximum atomic E-state index is 14.6. The van der Waals surface area contributed by atoms with E-state index >= 15 is 0 Å². The van der Waals surface area contributed by atoms with Gasteiger partial charge < -0.3 is 14.8 Å². The lowest BCUT2D eigenvalue weighted by Gasteiger charge is -2.26. The largest absolute Gasteiger partial charge is 0.475 e. The molecule has 2 aliphatic carbocycles. The Morgan fingerprint density at radius 1 is 1.37 bits per heavy atom. The highest BCUT2D eigenvalue weighted by molar-refractivity contribution is 7.91. The molecule has 0 radical (unpaired) electrons. The third kappa shape index (κ3) is 2.91. The number of fused-ring (bicyclic) bond motifs is 3. The van der Waals surface area contributed by atoms with Gasteiger partial charge in [-0.15, -0.1) is 4.36 Å². The van der Waals surface area contributed by atoms with Crippen molar-refractivity contribution in [3.8, 4) is 5.88 Å². The number of urea groups is 1. The van der Waals surface area contributed by atoms with Crippen molar-refractivity contribution in [2.75, 3.05) is 25.6 Å². The van der Waals surface area contributed by atoms with Crippen molar-refractivity contribution in [2.45, 2.75) is 43.0 Å².